The first-order valence-electron chi connectivity index (χ1n) is 7.84. The maximum absolute atomic E-state index is 12.2. The van der Waals surface area contributed by atoms with Crippen LogP contribution in [0, 0.1) is 0 Å². The number of hydrogen-bond donors (Lipinski definition) is 0. The average Bonchev–Trinajstić information content (AvgIpc) is 3.00. The maximum Gasteiger partial charge on any atom is 0.233 e. The molecule has 0 radical (unpaired) electrons. The van der Waals surface area contributed by atoms with Crippen LogP contribution in [-0.4, -0.2) is 60.9 Å². The molecule has 0 spiro atoms. The Morgan fingerprint density at radius 1 is 1.28 bits per heavy atom. The van der Waals surface area contributed by atoms with Crippen molar-refractivity contribution in [1.82, 2.24) is 30.1 Å². The number of thioether (sulfide) groups is 1. The van der Waals surface area contributed by atoms with Crippen LogP contribution in [0.4, 0.5) is 0 Å². The number of hydrogen-bond acceptors (Lipinski definition) is 7. The van der Waals surface area contributed by atoms with Crippen LogP contribution in [0.5, 0.6) is 5.88 Å². The predicted molar refractivity (Wildman–Crippen MR) is 92.3 cm³/mol. The number of likely N-dealkylation sites (tertiary alicyclic amines) is 1. The third-order valence-corrected chi connectivity index (χ3v) is 4.96. The van der Waals surface area contributed by atoms with Gasteiger partial charge in [-0.15, -0.1) is 5.10 Å². The smallest absolute Gasteiger partial charge is 0.233 e. The lowest BCUT2D eigenvalue weighted by Crippen LogP contribution is -2.56. The molecule has 1 aliphatic rings. The predicted octanol–water partition coefficient (Wildman–Crippen LogP) is 1.14. The number of benzene rings is 1. The van der Waals surface area contributed by atoms with Gasteiger partial charge in [-0.25, -0.2) is 9.67 Å². The highest BCUT2D eigenvalue weighted by atomic mass is 32.2. The monoisotopic (exact) mass is 356 g/mol. The molecule has 1 saturated heterocycles. The molecule has 9 heteroatoms. The Labute approximate surface area is 148 Å². The third-order valence-electron chi connectivity index (χ3n) is 3.97. The van der Waals surface area contributed by atoms with Gasteiger partial charge in [0.25, 0.3) is 0 Å². The molecule has 1 aliphatic heterocycles. The van der Waals surface area contributed by atoms with Crippen LogP contribution in [0.25, 0.3) is 10.9 Å². The second-order valence-electron chi connectivity index (χ2n) is 5.75. The zero-order valence-electron chi connectivity index (χ0n) is 13.6. The molecular formula is C16H16N6O2S. The molecule has 0 saturated carbocycles. The molecule has 1 fully saturated rings. The van der Waals surface area contributed by atoms with E-state index in [1.54, 1.807) is 16.6 Å². The van der Waals surface area contributed by atoms with E-state index < -0.39 is 0 Å². The van der Waals surface area contributed by atoms with Crippen LogP contribution in [0.3, 0.4) is 0 Å². The second-order valence-corrected chi connectivity index (χ2v) is 6.70. The molecule has 3 aromatic rings. The molecule has 0 N–H and O–H groups in total. The van der Waals surface area contributed by atoms with Gasteiger partial charge in [-0.3, -0.25) is 4.79 Å². The van der Waals surface area contributed by atoms with Crippen molar-refractivity contribution in [2.45, 2.75) is 11.3 Å². The molecule has 0 bridgehead atoms. The van der Waals surface area contributed by atoms with Gasteiger partial charge in [0.1, 0.15) is 6.10 Å². The van der Waals surface area contributed by atoms with E-state index in [0.717, 1.165) is 10.9 Å². The lowest BCUT2D eigenvalue weighted by atomic mass is 10.1. The van der Waals surface area contributed by atoms with Gasteiger partial charge in [0.2, 0.25) is 16.9 Å². The third kappa shape index (κ3) is 3.41. The van der Waals surface area contributed by atoms with Gasteiger partial charge in [0.05, 0.1) is 24.4 Å². The lowest BCUT2D eigenvalue weighted by molar-refractivity contribution is -0.137. The van der Waals surface area contributed by atoms with Gasteiger partial charge in [0, 0.05) is 18.5 Å². The number of rotatable bonds is 5. The molecule has 8 nitrogen and oxygen atoms in total. The normalized spacial score (nSPS) is 14.5. The topological polar surface area (TPSA) is 86.0 Å². The molecule has 0 aliphatic carbocycles. The van der Waals surface area contributed by atoms with Crippen LogP contribution in [0.2, 0.25) is 0 Å². The summed E-state index contributed by atoms with van der Waals surface area (Å²) < 4.78 is 7.41. The number of carbonyl (C=O) groups excluding carboxylic acids is 1. The van der Waals surface area contributed by atoms with Crippen molar-refractivity contribution in [3.8, 4) is 5.88 Å². The summed E-state index contributed by atoms with van der Waals surface area (Å²) in [6.07, 6.45) is -0.0147. The molecule has 2 aromatic heterocycles. The number of ether oxygens (including phenoxy) is 1. The van der Waals surface area contributed by atoms with E-state index >= 15 is 0 Å². The fraction of sp³-hybridized carbons (Fsp3) is 0.312. The number of amides is 1. The van der Waals surface area contributed by atoms with Gasteiger partial charge < -0.3 is 9.64 Å². The molecule has 1 amide bonds. The number of carbonyl (C=O) groups is 1. The van der Waals surface area contributed by atoms with Crippen LogP contribution < -0.4 is 4.74 Å². The summed E-state index contributed by atoms with van der Waals surface area (Å²) in [5.74, 6) is 0.962. The highest BCUT2D eigenvalue weighted by Crippen LogP contribution is 2.21. The highest BCUT2D eigenvalue weighted by Gasteiger charge is 2.32. The summed E-state index contributed by atoms with van der Waals surface area (Å²) in [4.78, 5) is 18.4. The minimum absolute atomic E-state index is 0.0147. The van der Waals surface area contributed by atoms with Crippen LogP contribution in [-0.2, 0) is 11.8 Å². The lowest BCUT2D eigenvalue weighted by Gasteiger charge is -2.38. The zero-order chi connectivity index (χ0) is 17.2. The van der Waals surface area contributed by atoms with E-state index in [0.29, 0.717) is 29.9 Å². The zero-order valence-corrected chi connectivity index (χ0v) is 14.4. The first-order valence-corrected chi connectivity index (χ1v) is 8.83. The van der Waals surface area contributed by atoms with Crippen LogP contribution in [0.15, 0.2) is 41.6 Å². The van der Waals surface area contributed by atoms with Crippen molar-refractivity contribution in [3.63, 3.8) is 0 Å². The second kappa shape index (κ2) is 6.67. The number of aromatic nitrogens is 5. The van der Waals surface area contributed by atoms with Crippen LogP contribution >= 0.6 is 11.8 Å². The molecule has 4 rings (SSSR count). The summed E-state index contributed by atoms with van der Waals surface area (Å²) in [6, 6.07) is 11.8. The molecule has 0 unspecified atom stereocenters. The molecule has 0 atom stereocenters. The summed E-state index contributed by atoms with van der Waals surface area (Å²) in [6.45, 7) is 1.15. The van der Waals surface area contributed by atoms with Crippen LogP contribution in [0.1, 0.15) is 0 Å². The number of fused-ring (bicyclic) bond motifs is 1. The number of tetrazole rings is 1. The maximum atomic E-state index is 12.2. The standard InChI is InChI=1S/C16H16N6O2S/c1-21-16(18-19-20-21)25-10-15(23)22-8-12(9-22)24-14-7-6-11-4-2-3-5-13(11)17-14/h2-7,12H,8-10H2,1H3. The Bertz CT molecular complexity index is 908. The van der Waals surface area contributed by atoms with E-state index in [9.17, 15) is 4.79 Å². The minimum Gasteiger partial charge on any atom is -0.471 e. The quantitative estimate of drug-likeness (QED) is 0.634. The fourth-order valence-corrected chi connectivity index (χ4v) is 3.31. The van der Waals surface area contributed by atoms with Crippen molar-refractivity contribution in [1.29, 1.82) is 0 Å². The molecule has 1 aromatic carbocycles. The Morgan fingerprint density at radius 3 is 2.92 bits per heavy atom. The Balaban J connectivity index is 1.28. The number of nitrogens with zero attached hydrogens (tertiary/aromatic N) is 6. The summed E-state index contributed by atoms with van der Waals surface area (Å²) in [5.41, 5.74) is 0.904. The largest absolute Gasteiger partial charge is 0.471 e. The fourth-order valence-electron chi connectivity index (χ4n) is 2.56. The summed E-state index contributed by atoms with van der Waals surface area (Å²) in [7, 11) is 1.75. The number of aryl methyl sites for hydroxylation is 1. The Kier molecular flexibility index (Phi) is 4.22. The number of para-hydroxylation sites is 1. The van der Waals surface area contributed by atoms with Gasteiger partial charge in [0.15, 0.2) is 0 Å². The Hall–Kier alpha value is -2.68. The van der Waals surface area contributed by atoms with Gasteiger partial charge >= 0.3 is 0 Å². The van der Waals surface area contributed by atoms with Crippen molar-refractivity contribution in [2.75, 3.05) is 18.8 Å². The van der Waals surface area contributed by atoms with Gasteiger partial charge in [-0.1, -0.05) is 30.0 Å². The van der Waals surface area contributed by atoms with Crippen molar-refractivity contribution in [2.24, 2.45) is 7.05 Å². The van der Waals surface area contributed by atoms with Gasteiger partial charge in [-0.05, 0) is 22.6 Å². The first-order chi connectivity index (χ1) is 12.2. The van der Waals surface area contributed by atoms with E-state index in [1.165, 1.54) is 11.8 Å². The summed E-state index contributed by atoms with van der Waals surface area (Å²) >= 11 is 1.33. The molecule has 128 valence electrons. The highest BCUT2D eigenvalue weighted by molar-refractivity contribution is 7.99. The van der Waals surface area contributed by atoms with Crippen molar-refractivity contribution >= 4 is 28.6 Å². The van der Waals surface area contributed by atoms with Crippen molar-refractivity contribution in [3.05, 3.63) is 36.4 Å². The molecular weight excluding hydrogens is 340 g/mol. The number of pyridine rings is 1. The van der Waals surface area contributed by atoms with E-state index in [4.69, 9.17) is 4.74 Å². The van der Waals surface area contributed by atoms with Gasteiger partial charge in [-0.2, -0.15) is 0 Å². The molecule has 3 heterocycles. The molecule has 25 heavy (non-hydrogen) atoms. The van der Waals surface area contributed by atoms with E-state index in [-0.39, 0.29) is 12.0 Å². The average molecular weight is 356 g/mol. The first kappa shape index (κ1) is 15.8. The minimum atomic E-state index is -0.0147. The van der Waals surface area contributed by atoms with E-state index in [2.05, 4.69) is 20.5 Å². The SMILES string of the molecule is Cn1nnnc1SCC(=O)N1CC(Oc2ccc3ccccc3n2)C1. The van der Waals surface area contributed by atoms with Crippen molar-refractivity contribution < 1.29 is 9.53 Å². The Morgan fingerprint density at radius 2 is 2.12 bits per heavy atom. The van der Waals surface area contributed by atoms with E-state index in [1.807, 2.05) is 36.4 Å². The summed E-state index contributed by atoms with van der Waals surface area (Å²) in [5, 5.41) is 12.8.